The zero-order valence-electron chi connectivity index (χ0n) is 16.2. The van der Waals surface area contributed by atoms with E-state index in [4.69, 9.17) is 28.2 Å². The fourth-order valence-corrected chi connectivity index (χ4v) is 4.21. The molecule has 0 spiro atoms. The number of pyridine rings is 1. The van der Waals surface area contributed by atoms with Crippen LogP contribution < -0.4 is 10.2 Å². The van der Waals surface area contributed by atoms with Crippen LogP contribution in [0.25, 0.3) is 0 Å². The van der Waals surface area contributed by atoms with Gasteiger partial charge in [-0.2, -0.15) is 0 Å². The van der Waals surface area contributed by atoms with Gasteiger partial charge in [0.2, 0.25) is 6.17 Å². The zero-order chi connectivity index (χ0) is 21.5. The summed E-state index contributed by atoms with van der Waals surface area (Å²) in [5.41, 5.74) is 4.56. The molecule has 154 valence electrons. The molecular formula is C23H16Cl2N4O2. The quantitative estimate of drug-likeness (QED) is 0.615. The molecule has 6 nitrogen and oxygen atoms in total. The summed E-state index contributed by atoms with van der Waals surface area (Å²) in [6.07, 6.45) is 0.986. The van der Waals surface area contributed by atoms with Gasteiger partial charge in [-0.25, -0.2) is 9.98 Å². The summed E-state index contributed by atoms with van der Waals surface area (Å²) in [6.45, 7) is 0.545. The van der Waals surface area contributed by atoms with E-state index in [0.717, 1.165) is 28.8 Å². The van der Waals surface area contributed by atoms with Crippen molar-refractivity contribution in [2.45, 2.75) is 12.6 Å². The van der Waals surface area contributed by atoms with Gasteiger partial charge in [0.05, 0.1) is 22.0 Å². The fraction of sp³-hybridized carbons (Fsp3) is 0.130. The van der Waals surface area contributed by atoms with E-state index < -0.39 is 12.1 Å². The molecule has 3 heterocycles. The Kier molecular flexibility index (Phi) is 4.96. The average molecular weight is 451 g/mol. The molecule has 1 N–H and O–H groups in total. The summed E-state index contributed by atoms with van der Waals surface area (Å²) in [6, 6.07) is 17.0. The van der Waals surface area contributed by atoms with Gasteiger partial charge < -0.3 is 10.2 Å². The number of nitrogens with one attached hydrogen (secondary N) is 1. The number of carbonyl (C=O) groups is 2. The van der Waals surface area contributed by atoms with Gasteiger partial charge in [-0.1, -0.05) is 71.7 Å². The molecule has 0 bridgehead atoms. The van der Waals surface area contributed by atoms with Gasteiger partial charge in [0.25, 0.3) is 11.8 Å². The summed E-state index contributed by atoms with van der Waals surface area (Å²) in [5.74, 6) is -0.788. The van der Waals surface area contributed by atoms with Crippen molar-refractivity contribution in [3.8, 4) is 0 Å². The Morgan fingerprint density at radius 2 is 1.90 bits per heavy atom. The minimum absolute atomic E-state index is 0.105. The molecule has 0 saturated heterocycles. The molecule has 5 rings (SSSR count). The van der Waals surface area contributed by atoms with Crippen molar-refractivity contribution in [2.24, 2.45) is 4.99 Å². The first-order chi connectivity index (χ1) is 15.0. The average Bonchev–Trinajstić information content (AvgIpc) is 3.18. The first-order valence-corrected chi connectivity index (χ1v) is 10.5. The summed E-state index contributed by atoms with van der Waals surface area (Å²) in [7, 11) is 0. The molecule has 8 heteroatoms. The van der Waals surface area contributed by atoms with E-state index in [1.807, 2.05) is 48.5 Å². The second kappa shape index (κ2) is 7.80. The van der Waals surface area contributed by atoms with E-state index >= 15 is 0 Å². The highest BCUT2D eigenvalue weighted by atomic mass is 35.5. The number of anilines is 1. The maximum absolute atomic E-state index is 13.4. The second-order valence-corrected chi connectivity index (χ2v) is 8.03. The molecule has 0 saturated carbocycles. The van der Waals surface area contributed by atoms with Gasteiger partial charge in [-0.15, -0.1) is 0 Å². The maximum atomic E-state index is 13.4. The van der Waals surface area contributed by atoms with Gasteiger partial charge in [-0.3, -0.25) is 9.59 Å². The van der Waals surface area contributed by atoms with Gasteiger partial charge >= 0.3 is 0 Å². The molecule has 1 atom stereocenters. The molecule has 2 amide bonds. The van der Waals surface area contributed by atoms with Crippen LogP contribution in [0.3, 0.4) is 0 Å². The SMILES string of the molecule is O=C(NC1N=C(c2ccccc2)c2cccc3c2N(CC3)C1=O)c1cnc(Cl)c(Cl)c1. The monoisotopic (exact) mass is 450 g/mol. The predicted octanol–water partition coefficient (Wildman–Crippen LogP) is 3.88. The van der Waals surface area contributed by atoms with Crippen LogP contribution in [0, 0.1) is 0 Å². The summed E-state index contributed by atoms with van der Waals surface area (Å²) >= 11 is 11.8. The normalized spacial score (nSPS) is 17.1. The topological polar surface area (TPSA) is 74.7 Å². The molecule has 1 aromatic heterocycles. The summed E-state index contributed by atoms with van der Waals surface area (Å²) in [4.78, 5) is 36.6. The molecule has 2 aliphatic heterocycles. The molecule has 31 heavy (non-hydrogen) atoms. The number of halogens is 2. The first-order valence-electron chi connectivity index (χ1n) is 9.71. The lowest BCUT2D eigenvalue weighted by Gasteiger charge is -2.21. The molecular weight excluding hydrogens is 435 g/mol. The van der Waals surface area contributed by atoms with E-state index in [1.165, 1.54) is 12.3 Å². The lowest BCUT2D eigenvalue weighted by atomic mass is 9.98. The van der Waals surface area contributed by atoms with Gasteiger partial charge in [0, 0.05) is 23.9 Å². The molecule has 0 fully saturated rings. The fourth-order valence-electron chi connectivity index (χ4n) is 3.94. The van der Waals surface area contributed by atoms with Crippen LogP contribution in [0.2, 0.25) is 10.2 Å². The highest BCUT2D eigenvalue weighted by Gasteiger charge is 2.37. The number of nitrogens with zero attached hydrogens (tertiary/aromatic N) is 3. The van der Waals surface area contributed by atoms with Crippen molar-refractivity contribution in [3.05, 3.63) is 93.2 Å². The molecule has 2 aromatic carbocycles. The molecule has 1 unspecified atom stereocenters. The Labute approximate surface area is 188 Å². The number of aliphatic imine (C=N–C) groups is 1. The van der Waals surface area contributed by atoms with Crippen molar-refractivity contribution in [1.82, 2.24) is 10.3 Å². The largest absolute Gasteiger partial charge is 0.322 e. The number of amides is 2. The Hall–Kier alpha value is -3.22. The number of hydrogen-bond acceptors (Lipinski definition) is 4. The first kappa shape index (κ1) is 19.7. The predicted molar refractivity (Wildman–Crippen MR) is 120 cm³/mol. The van der Waals surface area contributed by atoms with Crippen LogP contribution in [0.4, 0.5) is 5.69 Å². The second-order valence-electron chi connectivity index (χ2n) is 7.27. The number of benzene rings is 2. The lowest BCUT2D eigenvalue weighted by molar-refractivity contribution is -0.120. The van der Waals surface area contributed by atoms with Gasteiger partial charge in [-0.05, 0) is 18.1 Å². The molecule has 0 aliphatic carbocycles. The van der Waals surface area contributed by atoms with E-state index in [2.05, 4.69) is 10.3 Å². The maximum Gasteiger partial charge on any atom is 0.272 e. The van der Waals surface area contributed by atoms with Crippen LogP contribution in [-0.2, 0) is 11.2 Å². The third kappa shape index (κ3) is 3.48. The van der Waals surface area contributed by atoms with Crippen molar-refractivity contribution >= 4 is 46.4 Å². The Morgan fingerprint density at radius 1 is 1.10 bits per heavy atom. The zero-order valence-corrected chi connectivity index (χ0v) is 17.7. The lowest BCUT2D eigenvalue weighted by Crippen LogP contribution is -2.47. The van der Waals surface area contributed by atoms with Crippen molar-refractivity contribution in [3.63, 3.8) is 0 Å². The van der Waals surface area contributed by atoms with Crippen LogP contribution in [0.5, 0.6) is 0 Å². The number of aromatic nitrogens is 1. The van der Waals surface area contributed by atoms with Crippen molar-refractivity contribution in [2.75, 3.05) is 11.4 Å². The van der Waals surface area contributed by atoms with Crippen LogP contribution >= 0.6 is 23.2 Å². The Morgan fingerprint density at radius 3 is 2.68 bits per heavy atom. The smallest absolute Gasteiger partial charge is 0.272 e. The minimum Gasteiger partial charge on any atom is -0.322 e. The third-order valence-electron chi connectivity index (χ3n) is 5.38. The van der Waals surface area contributed by atoms with Crippen molar-refractivity contribution in [1.29, 1.82) is 0 Å². The third-order valence-corrected chi connectivity index (χ3v) is 6.07. The van der Waals surface area contributed by atoms with E-state index in [-0.39, 0.29) is 21.6 Å². The highest BCUT2D eigenvalue weighted by molar-refractivity contribution is 6.41. The van der Waals surface area contributed by atoms with E-state index in [1.54, 1.807) is 4.90 Å². The Balaban J connectivity index is 1.59. The van der Waals surface area contributed by atoms with Crippen LogP contribution in [0.15, 0.2) is 65.8 Å². The van der Waals surface area contributed by atoms with E-state index in [9.17, 15) is 9.59 Å². The number of para-hydroxylation sites is 1. The highest BCUT2D eigenvalue weighted by Crippen LogP contribution is 2.36. The number of hydrogen-bond donors (Lipinski definition) is 1. The van der Waals surface area contributed by atoms with Crippen LogP contribution in [0.1, 0.15) is 27.0 Å². The Bertz CT molecular complexity index is 1240. The number of carbonyl (C=O) groups excluding carboxylic acids is 2. The molecule has 0 radical (unpaired) electrons. The number of rotatable bonds is 3. The minimum atomic E-state index is -1.09. The van der Waals surface area contributed by atoms with E-state index in [0.29, 0.717) is 12.3 Å². The van der Waals surface area contributed by atoms with Gasteiger partial charge in [0.1, 0.15) is 5.15 Å². The molecule has 2 aliphatic rings. The standard InChI is InChI=1S/C23H16Cl2N4O2/c24-17-11-15(12-26-20(17)25)22(30)28-21-23(31)29-10-9-14-7-4-8-16(19(14)29)18(27-21)13-5-2-1-3-6-13/h1-8,11-12,21H,9-10H2,(H,28,30). The van der Waals surface area contributed by atoms with Gasteiger partial charge in [0.15, 0.2) is 0 Å². The van der Waals surface area contributed by atoms with Crippen LogP contribution in [-0.4, -0.2) is 35.2 Å². The van der Waals surface area contributed by atoms with Crippen molar-refractivity contribution < 1.29 is 9.59 Å². The summed E-state index contributed by atoms with van der Waals surface area (Å²) in [5, 5.41) is 3.00. The molecule has 3 aromatic rings. The summed E-state index contributed by atoms with van der Waals surface area (Å²) < 4.78 is 0.